The quantitative estimate of drug-likeness (QED) is 0.851. The van der Waals surface area contributed by atoms with Gasteiger partial charge in [0.1, 0.15) is 0 Å². The zero-order valence-corrected chi connectivity index (χ0v) is 12.3. The minimum absolute atomic E-state index is 0.104. The molecule has 20 heavy (non-hydrogen) atoms. The zero-order chi connectivity index (χ0) is 14.5. The third-order valence-electron chi connectivity index (χ3n) is 3.45. The fourth-order valence-electron chi connectivity index (χ4n) is 2.34. The predicted molar refractivity (Wildman–Crippen MR) is 81.7 cm³/mol. The smallest absolute Gasteiger partial charge is 0.224 e. The second kappa shape index (κ2) is 6.41. The van der Waals surface area contributed by atoms with E-state index in [2.05, 4.69) is 15.5 Å². The number of nitrogens with zero attached hydrogens (tertiary/aromatic N) is 2. The maximum atomic E-state index is 12.0. The minimum atomic E-state index is 0.104. The van der Waals surface area contributed by atoms with Crippen LogP contribution in [-0.4, -0.2) is 40.1 Å². The largest absolute Gasteiger partial charge is 0.382 e. The molecule has 1 aromatic carbocycles. The number of carbonyl (C=O) groups excluding carboxylic acids is 1. The van der Waals surface area contributed by atoms with Crippen LogP contribution in [-0.2, 0) is 4.79 Å². The molecule has 5 nitrogen and oxygen atoms in total. The Kier molecular flexibility index (Phi) is 4.61. The van der Waals surface area contributed by atoms with Gasteiger partial charge < -0.3 is 10.2 Å². The first kappa shape index (κ1) is 14.4. The standard InChI is InChI=1S/C15H22N4O/c1-4-19(5-2)15(20)8-11(3)17-13-6-7-14-12(9-13)10-16-18-14/h6-7,9-11,17H,4-5,8H2,1-3H3,(H,16,18). The molecule has 1 unspecified atom stereocenters. The van der Waals surface area contributed by atoms with Gasteiger partial charge in [-0.2, -0.15) is 5.10 Å². The summed E-state index contributed by atoms with van der Waals surface area (Å²) in [6.07, 6.45) is 2.30. The highest BCUT2D eigenvalue weighted by molar-refractivity contribution is 5.82. The number of hydrogen-bond donors (Lipinski definition) is 2. The molecule has 2 aromatic rings. The normalized spacial score (nSPS) is 12.3. The van der Waals surface area contributed by atoms with Crippen LogP contribution in [0.25, 0.3) is 10.9 Å². The number of benzene rings is 1. The number of aromatic amines is 1. The van der Waals surface area contributed by atoms with Crippen molar-refractivity contribution in [3.63, 3.8) is 0 Å². The van der Waals surface area contributed by atoms with E-state index in [0.717, 1.165) is 29.7 Å². The van der Waals surface area contributed by atoms with Crippen molar-refractivity contribution >= 4 is 22.5 Å². The Morgan fingerprint density at radius 2 is 2.15 bits per heavy atom. The van der Waals surface area contributed by atoms with Gasteiger partial charge in [-0.25, -0.2) is 0 Å². The van der Waals surface area contributed by atoms with E-state index in [0.29, 0.717) is 6.42 Å². The number of aromatic nitrogens is 2. The van der Waals surface area contributed by atoms with Crippen LogP contribution in [0.4, 0.5) is 5.69 Å². The Morgan fingerprint density at radius 1 is 1.40 bits per heavy atom. The van der Waals surface area contributed by atoms with E-state index >= 15 is 0 Å². The van der Waals surface area contributed by atoms with Crippen LogP contribution in [0.15, 0.2) is 24.4 Å². The Hall–Kier alpha value is -2.04. The summed E-state index contributed by atoms with van der Waals surface area (Å²) in [4.78, 5) is 13.9. The summed E-state index contributed by atoms with van der Waals surface area (Å²) in [5.74, 6) is 0.194. The first-order valence-corrected chi connectivity index (χ1v) is 7.11. The van der Waals surface area contributed by atoms with Crippen LogP contribution < -0.4 is 5.32 Å². The van der Waals surface area contributed by atoms with Crippen molar-refractivity contribution < 1.29 is 4.79 Å². The molecule has 0 radical (unpaired) electrons. The van der Waals surface area contributed by atoms with Crippen molar-refractivity contribution in [3.05, 3.63) is 24.4 Å². The van der Waals surface area contributed by atoms with Crippen LogP contribution >= 0.6 is 0 Å². The molecule has 0 aliphatic rings. The molecular weight excluding hydrogens is 252 g/mol. The van der Waals surface area contributed by atoms with E-state index in [4.69, 9.17) is 0 Å². The van der Waals surface area contributed by atoms with Crippen molar-refractivity contribution in [2.24, 2.45) is 0 Å². The molecule has 108 valence electrons. The molecule has 1 amide bonds. The number of fused-ring (bicyclic) bond motifs is 1. The summed E-state index contributed by atoms with van der Waals surface area (Å²) in [7, 11) is 0. The molecule has 1 heterocycles. The molecule has 0 saturated heterocycles. The SMILES string of the molecule is CCN(CC)C(=O)CC(C)Nc1ccc2[nH]ncc2c1. The molecule has 0 aliphatic carbocycles. The van der Waals surface area contributed by atoms with Gasteiger partial charge in [0, 0.05) is 36.6 Å². The van der Waals surface area contributed by atoms with E-state index in [1.165, 1.54) is 0 Å². The molecule has 1 atom stereocenters. The number of carbonyl (C=O) groups is 1. The van der Waals surface area contributed by atoms with Gasteiger partial charge >= 0.3 is 0 Å². The predicted octanol–water partition coefficient (Wildman–Crippen LogP) is 2.62. The van der Waals surface area contributed by atoms with Crippen molar-refractivity contribution in [2.45, 2.75) is 33.2 Å². The van der Waals surface area contributed by atoms with Crippen LogP contribution in [0.3, 0.4) is 0 Å². The molecule has 0 fully saturated rings. The first-order valence-electron chi connectivity index (χ1n) is 7.11. The monoisotopic (exact) mass is 274 g/mol. The van der Waals surface area contributed by atoms with Gasteiger partial charge in [0.15, 0.2) is 0 Å². The topological polar surface area (TPSA) is 61.0 Å². The second-order valence-corrected chi connectivity index (χ2v) is 4.99. The van der Waals surface area contributed by atoms with Crippen molar-refractivity contribution in [1.82, 2.24) is 15.1 Å². The van der Waals surface area contributed by atoms with Crippen LogP contribution in [0, 0.1) is 0 Å². The molecule has 0 saturated carbocycles. The number of nitrogens with one attached hydrogen (secondary N) is 2. The third-order valence-corrected chi connectivity index (χ3v) is 3.45. The average molecular weight is 274 g/mol. The number of H-pyrrole nitrogens is 1. The Labute approximate surface area is 119 Å². The lowest BCUT2D eigenvalue weighted by Gasteiger charge is -2.22. The van der Waals surface area contributed by atoms with Gasteiger partial charge in [-0.3, -0.25) is 9.89 Å². The zero-order valence-electron chi connectivity index (χ0n) is 12.3. The highest BCUT2D eigenvalue weighted by Gasteiger charge is 2.14. The van der Waals surface area contributed by atoms with Gasteiger partial charge in [0.2, 0.25) is 5.91 Å². The van der Waals surface area contributed by atoms with E-state index < -0.39 is 0 Å². The third kappa shape index (κ3) is 3.29. The summed E-state index contributed by atoms with van der Waals surface area (Å²) in [6, 6.07) is 6.13. The summed E-state index contributed by atoms with van der Waals surface area (Å²) in [6.45, 7) is 7.58. The van der Waals surface area contributed by atoms with Gasteiger partial charge in [-0.15, -0.1) is 0 Å². The van der Waals surface area contributed by atoms with Crippen molar-refractivity contribution in [1.29, 1.82) is 0 Å². The Balaban J connectivity index is 1.96. The Morgan fingerprint density at radius 3 is 2.85 bits per heavy atom. The van der Waals surface area contributed by atoms with Crippen LogP contribution in [0.5, 0.6) is 0 Å². The van der Waals surface area contributed by atoms with E-state index in [9.17, 15) is 4.79 Å². The van der Waals surface area contributed by atoms with Gasteiger partial charge in [-0.05, 0) is 39.0 Å². The average Bonchev–Trinajstić information content (AvgIpc) is 2.87. The summed E-state index contributed by atoms with van der Waals surface area (Å²) < 4.78 is 0. The minimum Gasteiger partial charge on any atom is -0.382 e. The molecule has 0 aliphatic heterocycles. The van der Waals surface area contributed by atoms with Gasteiger partial charge in [-0.1, -0.05) is 0 Å². The summed E-state index contributed by atoms with van der Waals surface area (Å²) in [5.41, 5.74) is 2.03. The fourth-order valence-corrected chi connectivity index (χ4v) is 2.34. The van der Waals surface area contributed by atoms with E-state index in [1.54, 1.807) is 6.20 Å². The molecular formula is C15H22N4O. The van der Waals surface area contributed by atoms with Crippen LogP contribution in [0.1, 0.15) is 27.2 Å². The number of rotatable bonds is 6. The van der Waals surface area contributed by atoms with E-state index in [-0.39, 0.29) is 11.9 Å². The van der Waals surface area contributed by atoms with E-state index in [1.807, 2.05) is 43.9 Å². The highest BCUT2D eigenvalue weighted by atomic mass is 16.2. The van der Waals surface area contributed by atoms with Crippen molar-refractivity contribution in [3.8, 4) is 0 Å². The lowest BCUT2D eigenvalue weighted by Crippen LogP contribution is -2.34. The lowest BCUT2D eigenvalue weighted by atomic mass is 10.1. The fraction of sp³-hybridized carbons (Fsp3) is 0.467. The maximum absolute atomic E-state index is 12.0. The summed E-state index contributed by atoms with van der Waals surface area (Å²) >= 11 is 0. The molecule has 2 rings (SSSR count). The van der Waals surface area contributed by atoms with Crippen molar-refractivity contribution in [2.75, 3.05) is 18.4 Å². The molecule has 0 bridgehead atoms. The molecule has 5 heteroatoms. The molecule has 1 aromatic heterocycles. The number of anilines is 1. The van der Waals surface area contributed by atoms with Gasteiger partial charge in [0.25, 0.3) is 0 Å². The number of hydrogen-bond acceptors (Lipinski definition) is 3. The maximum Gasteiger partial charge on any atom is 0.224 e. The second-order valence-electron chi connectivity index (χ2n) is 4.99. The lowest BCUT2D eigenvalue weighted by molar-refractivity contribution is -0.130. The Bertz CT molecular complexity index is 574. The molecule has 2 N–H and O–H groups in total. The molecule has 0 spiro atoms. The first-order chi connectivity index (χ1) is 9.63. The summed E-state index contributed by atoms with van der Waals surface area (Å²) in [5, 5.41) is 11.4. The van der Waals surface area contributed by atoms with Gasteiger partial charge in [0.05, 0.1) is 11.7 Å². The number of amides is 1. The highest BCUT2D eigenvalue weighted by Crippen LogP contribution is 2.18. The van der Waals surface area contributed by atoms with Crippen LogP contribution in [0.2, 0.25) is 0 Å².